The molecule has 0 bridgehead atoms. The second-order valence-corrected chi connectivity index (χ2v) is 5.77. The summed E-state index contributed by atoms with van der Waals surface area (Å²) in [5, 5.41) is 6.31. The Morgan fingerprint density at radius 2 is 2.04 bits per heavy atom. The molecule has 0 aromatic heterocycles. The van der Waals surface area contributed by atoms with E-state index in [1.165, 1.54) is 7.11 Å². The minimum Gasteiger partial charge on any atom is -0.469 e. The molecule has 0 spiro atoms. The van der Waals surface area contributed by atoms with Gasteiger partial charge in [0.25, 0.3) is 0 Å². The molecule has 6 heteroatoms. The predicted octanol–water partition coefficient (Wildman–Crippen LogP) is 2.22. The summed E-state index contributed by atoms with van der Waals surface area (Å²) in [4.78, 5) is 24.2. The zero-order chi connectivity index (χ0) is 15.9. The molecule has 1 fully saturated rings. The summed E-state index contributed by atoms with van der Waals surface area (Å²) in [6, 6.07) is 9.41. The van der Waals surface area contributed by atoms with Crippen molar-refractivity contribution in [2.45, 2.75) is 38.3 Å². The van der Waals surface area contributed by atoms with Crippen molar-refractivity contribution in [1.29, 1.82) is 0 Å². The molecule has 128 valence electrons. The molecule has 1 aliphatic heterocycles. The van der Waals surface area contributed by atoms with Gasteiger partial charge in [-0.2, -0.15) is 0 Å². The van der Waals surface area contributed by atoms with Crippen LogP contribution in [-0.2, 0) is 14.3 Å². The smallest absolute Gasteiger partial charge is 0.310 e. The molecule has 0 saturated carbocycles. The summed E-state index contributed by atoms with van der Waals surface area (Å²) < 4.78 is 4.83. The van der Waals surface area contributed by atoms with E-state index in [-0.39, 0.29) is 36.4 Å². The van der Waals surface area contributed by atoms with E-state index >= 15 is 0 Å². The molecule has 1 aromatic carbocycles. The van der Waals surface area contributed by atoms with E-state index in [1.54, 1.807) is 6.92 Å². The van der Waals surface area contributed by atoms with Crippen molar-refractivity contribution in [2.24, 2.45) is 5.92 Å². The normalized spacial score (nSPS) is 19.3. The number of hydrogen-bond donors (Lipinski definition) is 2. The van der Waals surface area contributed by atoms with Crippen LogP contribution in [0.2, 0.25) is 0 Å². The Hall–Kier alpha value is -1.59. The lowest BCUT2D eigenvalue weighted by Gasteiger charge is -2.24. The Morgan fingerprint density at radius 1 is 1.35 bits per heavy atom. The van der Waals surface area contributed by atoms with Crippen LogP contribution in [0, 0.1) is 5.92 Å². The fraction of sp³-hybridized carbons (Fsp3) is 0.529. The fourth-order valence-corrected chi connectivity index (χ4v) is 2.87. The van der Waals surface area contributed by atoms with Gasteiger partial charge in [-0.3, -0.25) is 9.59 Å². The van der Waals surface area contributed by atoms with E-state index in [1.807, 2.05) is 30.3 Å². The second-order valence-electron chi connectivity index (χ2n) is 5.77. The number of nitrogens with one attached hydrogen (secondary N) is 2. The van der Waals surface area contributed by atoms with E-state index in [0.29, 0.717) is 6.42 Å². The van der Waals surface area contributed by atoms with Gasteiger partial charge in [-0.25, -0.2) is 0 Å². The molecule has 23 heavy (non-hydrogen) atoms. The number of esters is 1. The average Bonchev–Trinajstić information content (AvgIpc) is 3.05. The minimum atomic E-state index is -0.437. The molecule has 2 rings (SSSR count). The number of rotatable bonds is 6. The lowest BCUT2D eigenvalue weighted by molar-refractivity contribution is -0.146. The van der Waals surface area contributed by atoms with E-state index in [4.69, 9.17) is 4.74 Å². The molecule has 2 N–H and O–H groups in total. The molecule has 1 heterocycles. The van der Waals surface area contributed by atoms with Crippen molar-refractivity contribution in [3.8, 4) is 0 Å². The van der Waals surface area contributed by atoms with Crippen molar-refractivity contribution >= 4 is 24.3 Å². The van der Waals surface area contributed by atoms with Crippen LogP contribution < -0.4 is 10.6 Å². The molecule has 5 nitrogen and oxygen atoms in total. The number of carbonyl (C=O) groups excluding carboxylic acids is 2. The van der Waals surface area contributed by atoms with Crippen molar-refractivity contribution in [3.63, 3.8) is 0 Å². The standard InChI is InChI=1S/C17H24N2O3.ClH/c1-12(17(21)22-2)16(13-7-4-3-5-8-13)19-15(20)11-14-9-6-10-18-14;/h3-5,7-8,12,14,16,18H,6,9-11H2,1-2H3,(H,19,20);1H. The zero-order valence-corrected chi connectivity index (χ0v) is 14.4. The molecule has 1 aromatic rings. The van der Waals surface area contributed by atoms with E-state index in [9.17, 15) is 9.59 Å². The van der Waals surface area contributed by atoms with Crippen LogP contribution in [0.3, 0.4) is 0 Å². The van der Waals surface area contributed by atoms with Crippen LogP contribution >= 0.6 is 12.4 Å². The summed E-state index contributed by atoms with van der Waals surface area (Å²) in [6.45, 7) is 2.75. The Kier molecular flexibility index (Phi) is 8.06. The summed E-state index contributed by atoms with van der Waals surface area (Å²) >= 11 is 0. The second kappa shape index (κ2) is 9.53. The third-order valence-electron chi connectivity index (χ3n) is 4.14. The Morgan fingerprint density at radius 3 is 2.61 bits per heavy atom. The molecule has 0 aliphatic carbocycles. The lowest BCUT2D eigenvalue weighted by Crippen LogP contribution is -2.38. The van der Waals surface area contributed by atoms with Crippen molar-refractivity contribution < 1.29 is 14.3 Å². The number of carbonyl (C=O) groups is 2. The van der Waals surface area contributed by atoms with E-state index < -0.39 is 5.92 Å². The third-order valence-corrected chi connectivity index (χ3v) is 4.14. The van der Waals surface area contributed by atoms with Crippen molar-refractivity contribution in [2.75, 3.05) is 13.7 Å². The van der Waals surface area contributed by atoms with Gasteiger partial charge in [-0.05, 0) is 31.9 Å². The van der Waals surface area contributed by atoms with Crippen molar-refractivity contribution in [3.05, 3.63) is 35.9 Å². The van der Waals surface area contributed by atoms with Gasteiger partial charge < -0.3 is 15.4 Å². The highest BCUT2D eigenvalue weighted by Crippen LogP contribution is 2.23. The monoisotopic (exact) mass is 340 g/mol. The maximum atomic E-state index is 12.3. The van der Waals surface area contributed by atoms with E-state index in [0.717, 1.165) is 24.9 Å². The summed E-state index contributed by atoms with van der Waals surface area (Å²) in [5.74, 6) is -0.801. The van der Waals surface area contributed by atoms with Crippen LogP contribution in [-0.4, -0.2) is 31.6 Å². The first-order valence-electron chi connectivity index (χ1n) is 7.77. The van der Waals surface area contributed by atoms with Crippen LogP contribution in [0.4, 0.5) is 0 Å². The van der Waals surface area contributed by atoms with Gasteiger partial charge in [-0.1, -0.05) is 30.3 Å². The van der Waals surface area contributed by atoms with Gasteiger partial charge >= 0.3 is 5.97 Å². The van der Waals surface area contributed by atoms with Crippen LogP contribution in [0.5, 0.6) is 0 Å². The summed E-state index contributed by atoms with van der Waals surface area (Å²) in [6.07, 6.45) is 2.58. The fourth-order valence-electron chi connectivity index (χ4n) is 2.87. The Bertz CT molecular complexity index is 504. The largest absolute Gasteiger partial charge is 0.469 e. The number of halogens is 1. The first-order valence-corrected chi connectivity index (χ1v) is 7.77. The van der Waals surface area contributed by atoms with Gasteiger partial charge in [0, 0.05) is 12.5 Å². The zero-order valence-electron chi connectivity index (χ0n) is 13.6. The van der Waals surface area contributed by atoms with Crippen LogP contribution in [0.15, 0.2) is 30.3 Å². The quantitative estimate of drug-likeness (QED) is 0.779. The highest BCUT2D eigenvalue weighted by atomic mass is 35.5. The van der Waals surface area contributed by atoms with Gasteiger partial charge in [-0.15, -0.1) is 12.4 Å². The number of ether oxygens (including phenoxy) is 1. The Labute approximate surface area is 143 Å². The number of hydrogen-bond acceptors (Lipinski definition) is 4. The highest BCUT2D eigenvalue weighted by molar-refractivity contribution is 5.85. The lowest BCUT2D eigenvalue weighted by atomic mass is 9.94. The molecular weight excluding hydrogens is 316 g/mol. The van der Waals surface area contributed by atoms with Gasteiger partial charge in [0.15, 0.2) is 0 Å². The first-order chi connectivity index (χ1) is 10.6. The van der Waals surface area contributed by atoms with Gasteiger partial charge in [0.1, 0.15) is 0 Å². The molecule has 3 atom stereocenters. The third kappa shape index (κ3) is 5.52. The highest BCUT2D eigenvalue weighted by Gasteiger charge is 2.28. The molecule has 0 radical (unpaired) electrons. The minimum absolute atomic E-state index is 0. The maximum absolute atomic E-state index is 12.3. The number of methoxy groups -OCH3 is 1. The molecule has 1 saturated heterocycles. The topological polar surface area (TPSA) is 67.4 Å². The predicted molar refractivity (Wildman–Crippen MR) is 91.4 cm³/mol. The van der Waals surface area contributed by atoms with E-state index in [2.05, 4.69) is 10.6 Å². The SMILES string of the molecule is COC(=O)C(C)C(NC(=O)CC1CCCN1)c1ccccc1.Cl. The van der Waals surface area contributed by atoms with Gasteiger partial charge in [0.05, 0.1) is 19.1 Å². The van der Waals surface area contributed by atoms with Crippen LogP contribution in [0.1, 0.15) is 37.8 Å². The van der Waals surface area contributed by atoms with Crippen LogP contribution in [0.25, 0.3) is 0 Å². The molecule has 1 amide bonds. The van der Waals surface area contributed by atoms with Gasteiger partial charge in [0.2, 0.25) is 5.91 Å². The maximum Gasteiger partial charge on any atom is 0.310 e. The Balaban J connectivity index is 0.00000264. The summed E-state index contributed by atoms with van der Waals surface area (Å²) in [7, 11) is 1.37. The molecule has 1 aliphatic rings. The summed E-state index contributed by atoms with van der Waals surface area (Å²) in [5.41, 5.74) is 0.910. The number of benzene rings is 1. The number of amides is 1. The first kappa shape index (κ1) is 19.5. The van der Waals surface area contributed by atoms with Crippen molar-refractivity contribution in [1.82, 2.24) is 10.6 Å². The average molecular weight is 341 g/mol. The molecular formula is C17H25ClN2O3. The molecule has 3 unspecified atom stereocenters.